The number of ether oxygens (including phenoxy) is 1. The molecular formula is C18H21BrN4O2. The predicted molar refractivity (Wildman–Crippen MR) is 97.9 cm³/mol. The van der Waals surface area contributed by atoms with Crippen molar-refractivity contribution in [1.29, 1.82) is 0 Å². The number of aromatic nitrogens is 4. The van der Waals surface area contributed by atoms with E-state index in [1.807, 2.05) is 42.8 Å². The third-order valence-electron chi connectivity index (χ3n) is 4.16. The SMILES string of the molecule is COc1ccc(Cc2nnc(C(C)Cn3nc(C)c(Br)c3C)o2)cc1. The summed E-state index contributed by atoms with van der Waals surface area (Å²) in [4.78, 5) is 0. The smallest absolute Gasteiger partial charge is 0.221 e. The molecule has 7 heteroatoms. The molecule has 0 saturated carbocycles. The average molecular weight is 405 g/mol. The molecule has 1 aromatic carbocycles. The van der Waals surface area contributed by atoms with E-state index in [-0.39, 0.29) is 5.92 Å². The fourth-order valence-electron chi connectivity index (χ4n) is 2.65. The van der Waals surface area contributed by atoms with Gasteiger partial charge in [0.2, 0.25) is 11.8 Å². The molecular weight excluding hydrogens is 384 g/mol. The Morgan fingerprint density at radius 2 is 1.92 bits per heavy atom. The first-order valence-electron chi connectivity index (χ1n) is 8.12. The number of rotatable bonds is 6. The van der Waals surface area contributed by atoms with Crippen LogP contribution >= 0.6 is 15.9 Å². The highest BCUT2D eigenvalue weighted by atomic mass is 79.9. The van der Waals surface area contributed by atoms with Gasteiger partial charge in [-0.2, -0.15) is 5.10 Å². The van der Waals surface area contributed by atoms with Crippen LogP contribution in [0.5, 0.6) is 5.75 Å². The lowest BCUT2D eigenvalue weighted by atomic mass is 10.1. The first kappa shape index (κ1) is 17.7. The molecule has 0 amide bonds. The van der Waals surface area contributed by atoms with Crippen molar-refractivity contribution >= 4 is 15.9 Å². The van der Waals surface area contributed by atoms with Gasteiger partial charge in [-0.05, 0) is 47.5 Å². The van der Waals surface area contributed by atoms with Gasteiger partial charge < -0.3 is 9.15 Å². The van der Waals surface area contributed by atoms with Crippen LogP contribution in [0.3, 0.4) is 0 Å². The summed E-state index contributed by atoms with van der Waals surface area (Å²) in [5.41, 5.74) is 3.18. The molecule has 1 unspecified atom stereocenters. The van der Waals surface area contributed by atoms with Crippen molar-refractivity contribution in [3.8, 4) is 5.75 Å². The van der Waals surface area contributed by atoms with Gasteiger partial charge in [0, 0.05) is 5.69 Å². The number of hydrogen-bond donors (Lipinski definition) is 0. The number of benzene rings is 1. The van der Waals surface area contributed by atoms with Crippen LogP contribution in [0.1, 0.15) is 41.6 Å². The summed E-state index contributed by atoms with van der Waals surface area (Å²) in [5.74, 6) is 2.16. The van der Waals surface area contributed by atoms with E-state index in [0.29, 0.717) is 24.7 Å². The van der Waals surface area contributed by atoms with Gasteiger partial charge in [-0.3, -0.25) is 4.68 Å². The Morgan fingerprint density at radius 3 is 2.52 bits per heavy atom. The number of methoxy groups -OCH3 is 1. The maximum absolute atomic E-state index is 5.85. The van der Waals surface area contributed by atoms with Crippen molar-refractivity contribution in [2.24, 2.45) is 0 Å². The highest BCUT2D eigenvalue weighted by molar-refractivity contribution is 9.10. The fourth-order valence-corrected chi connectivity index (χ4v) is 2.93. The Bertz CT molecular complexity index is 855. The summed E-state index contributed by atoms with van der Waals surface area (Å²) in [6.07, 6.45) is 0.606. The van der Waals surface area contributed by atoms with Crippen molar-refractivity contribution in [2.75, 3.05) is 7.11 Å². The van der Waals surface area contributed by atoms with Gasteiger partial charge in [-0.15, -0.1) is 10.2 Å². The molecule has 0 aliphatic carbocycles. The summed E-state index contributed by atoms with van der Waals surface area (Å²) in [6, 6.07) is 7.85. The number of hydrogen-bond acceptors (Lipinski definition) is 5. The summed E-state index contributed by atoms with van der Waals surface area (Å²) in [5, 5.41) is 12.9. The zero-order valence-corrected chi connectivity index (χ0v) is 16.4. The van der Waals surface area contributed by atoms with Crippen LogP contribution in [0.15, 0.2) is 33.2 Å². The van der Waals surface area contributed by atoms with Gasteiger partial charge in [0.1, 0.15) is 5.75 Å². The molecule has 0 radical (unpaired) electrons. The molecule has 0 saturated heterocycles. The molecule has 0 aliphatic heterocycles. The van der Waals surface area contributed by atoms with Crippen LogP contribution in [0, 0.1) is 13.8 Å². The lowest BCUT2D eigenvalue weighted by Crippen LogP contribution is -2.09. The van der Waals surface area contributed by atoms with Gasteiger partial charge in [0.15, 0.2) is 0 Å². The highest BCUT2D eigenvalue weighted by Crippen LogP contribution is 2.23. The highest BCUT2D eigenvalue weighted by Gasteiger charge is 2.18. The topological polar surface area (TPSA) is 66.0 Å². The van der Waals surface area contributed by atoms with Crippen molar-refractivity contribution in [2.45, 2.75) is 39.7 Å². The Morgan fingerprint density at radius 1 is 1.20 bits per heavy atom. The Labute approximate surface area is 155 Å². The average Bonchev–Trinajstić information content (AvgIpc) is 3.17. The minimum absolute atomic E-state index is 0.0852. The van der Waals surface area contributed by atoms with Crippen LogP contribution in [0.25, 0.3) is 0 Å². The van der Waals surface area contributed by atoms with E-state index in [1.165, 1.54) is 0 Å². The largest absolute Gasteiger partial charge is 0.497 e. The minimum atomic E-state index is 0.0852. The second-order valence-corrected chi connectivity index (χ2v) is 6.92. The van der Waals surface area contributed by atoms with Gasteiger partial charge in [-0.1, -0.05) is 19.1 Å². The second kappa shape index (κ2) is 7.39. The molecule has 0 N–H and O–H groups in total. The molecule has 25 heavy (non-hydrogen) atoms. The summed E-state index contributed by atoms with van der Waals surface area (Å²) < 4.78 is 14.0. The van der Waals surface area contributed by atoms with Crippen molar-refractivity contribution in [3.63, 3.8) is 0 Å². The minimum Gasteiger partial charge on any atom is -0.497 e. The van der Waals surface area contributed by atoms with Crippen molar-refractivity contribution < 1.29 is 9.15 Å². The molecule has 0 fully saturated rings. The van der Waals surface area contributed by atoms with E-state index in [0.717, 1.165) is 27.2 Å². The molecule has 0 aliphatic rings. The molecule has 2 heterocycles. The number of nitrogens with zero attached hydrogens (tertiary/aromatic N) is 4. The number of halogens is 1. The van der Waals surface area contributed by atoms with E-state index in [4.69, 9.17) is 9.15 Å². The van der Waals surface area contributed by atoms with Crippen LogP contribution < -0.4 is 4.74 Å². The summed E-state index contributed by atoms with van der Waals surface area (Å²) >= 11 is 3.55. The van der Waals surface area contributed by atoms with E-state index in [9.17, 15) is 0 Å². The van der Waals surface area contributed by atoms with Crippen LogP contribution in [0.2, 0.25) is 0 Å². The summed E-state index contributed by atoms with van der Waals surface area (Å²) in [7, 11) is 1.65. The van der Waals surface area contributed by atoms with Gasteiger partial charge >= 0.3 is 0 Å². The van der Waals surface area contributed by atoms with E-state index in [1.54, 1.807) is 7.11 Å². The molecule has 132 valence electrons. The molecule has 3 aromatic rings. The number of aryl methyl sites for hydroxylation is 1. The standard InChI is InChI=1S/C18H21BrN4O2/c1-11(10-23-13(3)17(19)12(2)22-23)18-21-20-16(25-18)9-14-5-7-15(24-4)8-6-14/h5-8,11H,9-10H2,1-4H3. The second-order valence-electron chi connectivity index (χ2n) is 6.13. The van der Waals surface area contributed by atoms with Crippen molar-refractivity contribution in [1.82, 2.24) is 20.0 Å². The maximum Gasteiger partial charge on any atom is 0.221 e. The quantitative estimate of drug-likeness (QED) is 0.619. The Kier molecular flexibility index (Phi) is 5.22. The molecule has 0 spiro atoms. The molecule has 3 rings (SSSR count). The third-order valence-corrected chi connectivity index (χ3v) is 5.31. The van der Waals surface area contributed by atoms with E-state index >= 15 is 0 Å². The van der Waals surface area contributed by atoms with Crippen LogP contribution in [0.4, 0.5) is 0 Å². The lowest BCUT2D eigenvalue weighted by molar-refractivity contribution is 0.396. The first-order chi connectivity index (χ1) is 12.0. The first-order valence-corrected chi connectivity index (χ1v) is 8.92. The molecule has 6 nitrogen and oxygen atoms in total. The predicted octanol–water partition coefficient (Wildman–Crippen LogP) is 4.05. The van der Waals surface area contributed by atoms with E-state index in [2.05, 4.69) is 38.1 Å². The zero-order valence-electron chi connectivity index (χ0n) is 14.8. The third kappa shape index (κ3) is 3.92. The van der Waals surface area contributed by atoms with E-state index < -0.39 is 0 Å². The van der Waals surface area contributed by atoms with Gasteiger partial charge in [0.05, 0.1) is 36.2 Å². The summed E-state index contributed by atoms with van der Waals surface area (Å²) in [6.45, 7) is 6.79. The fraction of sp³-hybridized carbons (Fsp3) is 0.389. The monoisotopic (exact) mass is 404 g/mol. The molecule has 1 atom stereocenters. The van der Waals surface area contributed by atoms with Crippen molar-refractivity contribution in [3.05, 3.63) is 57.5 Å². The Balaban J connectivity index is 1.68. The lowest BCUT2D eigenvalue weighted by Gasteiger charge is -2.09. The molecule has 0 bridgehead atoms. The maximum atomic E-state index is 5.85. The van der Waals surface area contributed by atoms with Crippen LogP contribution in [-0.4, -0.2) is 27.1 Å². The van der Waals surface area contributed by atoms with Gasteiger partial charge in [-0.25, -0.2) is 0 Å². The van der Waals surface area contributed by atoms with Crippen LogP contribution in [-0.2, 0) is 13.0 Å². The Hall–Kier alpha value is -2.15. The molecule has 2 aromatic heterocycles. The normalized spacial score (nSPS) is 12.4. The van der Waals surface area contributed by atoms with Gasteiger partial charge in [0.25, 0.3) is 0 Å². The zero-order chi connectivity index (χ0) is 18.0.